The first kappa shape index (κ1) is 32.1. The molecule has 10 heteroatoms. The highest BCUT2D eigenvalue weighted by molar-refractivity contribution is 5.91. The van der Waals surface area contributed by atoms with Crippen molar-refractivity contribution in [3.05, 3.63) is 0 Å². The predicted octanol–water partition coefficient (Wildman–Crippen LogP) is 1.15. The molecule has 0 aromatic heterocycles. The fourth-order valence-electron chi connectivity index (χ4n) is 2.83. The van der Waals surface area contributed by atoms with E-state index < -0.39 is 18.0 Å². The lowest BCUT2D eigenvalue weighted by atomic mass is 9.90. The Hall–Kier alpha value is -2.04. The van der Waals surface area contributed by atoms with Crippen molar-refractivity contribution in [2.45, 2.75) is 65.8 Å². The maximum Gasteiger partial charge on any atom is 0.312 e. The molecule has 0 bridgehead atoms. The number of hydrogen-bond acceptors (Lipinski definition) is 7. The average molecular weight is 461 g/mol. The summed E-state index contributed by atoms with van der Waals surface area (Å²) in [6, 6.07) is -1.29. The van der Waals surface area contributed by atoms with Crippen LogP contribution >= 0.6 is 0 Å². The van der Waals surface area contributed by atoms with Gasteiger partial charge in [-0.1, -0.05) is 21.3 Å². The van der Waals surface area contributed by atoms with Gasteiger partial charge in [-0.15, -0.1) is 0 Å². The number of carbonyl (C=O) groups is 4. The first-order valence-corrected chi connectivity index (χ1v) is 10.9. The third-order valence-corrected chi connectivity index (χ3v) is 4.82. The molecule has 2 unspecified atom stereocenters. The Morgan fingerprint density at radius 2 is 1.66 bits per heavy atom. The van der Waals surface area contributed by atoms with Gasteiger partial charge < -0.3 is 31.6 Å². The van der Waals surface area contributed by atoms with Crippen LogP contribution in [0.25, 0.3) is 0 Å². The molecule has 188 valence electrons. The molecule has 2 atom stereocenters. The first-order chi connectivity index (χ1) is 14.7. The van der Waals surface area contributed by atoms with Crippen molar-refractivity contribution in [1.29, 1.82) is 0 Å². The summed E-state index contributed by atoms with van der Waals surface area (Å²) in [4.78, 5) is 47.8. The monoisotopic (exact) mass is 460 g/mol. The number of ketones is 2. The van der Waals surface area contributed by atoms with E-state index in [9.17, 15) is 19.2 Å². The lowest BCUT2D eigenvalue weighted by Gasteiger charge is -2.20. The van der Waals surface area contributed by atoms with Crippen molar-refractivity contribution >= 4 is 23.5 Å². The van der Waals surface area contributed by atoms with Gasteiger partial charge in [0.25, 0.3) is 0 Å². The zero-order valence-corrected chi connectivity index (χ0v) is 19.1. The van der Waals surface area contributed by atoms with Gasteiger partial charge in [-0.25, -0.2) is 4.79 Å². The standard InChI is InChI=1S/C21H40N4O6.CH4/c1-15(2)19(22)18(27)13-16(7-6-9-24-21(23)29)20(28)25-14-17(26)8-4-5-10-31-12-11-30-3;/h15-16,19H,4-14,22H2,1-3H3,(H,25,28)(H3,23,24,29);1H4. The molecule has 0 saturated heterocycles. The van der Waals surface area contributed by atoms with Crippen LogP contribution in [0.3, 0.4) is 0 Å². The predicted molar refractivity (Wildman–Crippen MR) is 124 cm³/mol. The number of nitrogens with one attached hydrogen (secondary N) is 2. The second kappa shape index (κ2) is 19.6. The van der Waals surface area contributed by atoms with Crippen molar-refractivity contribution in [3.8, 4) is 0 Å². The number of amides is 3. The van der Waals surface area contributed by atoms with E-state index in [1.165, 1.54) is 0 Å². The Balaban J connectivity index is 0. The first-order valence-electron chi connectivity index (χ1n) is 10.9. The van der Waals surface area contributed by atoms with Crippen molar-refractivity contribution in [2.24, 2.45) is 23.3 Å². The van der Waals surface area contributed by atoms with Crippen LogP contribution in [0.5, 0.6) is 0 Å². The summed E-state index contributed by atoms with van der Waals surface area (Å²) < 4.78 is 10.2. The molecule has 0 fully saturated rings. The van der Waals surface area contributed by atoms with Crippen molar-refractivity contribution in [3.63, 3.8) is 0 Å². The molecule has 0 aliphatic heterocycles. The summed E-state index contributed by atoms with van der Waals surface area (Å²) in [5.41, 5.74) is 10.9. The van der Waals surface area contributed by atoms with Crippen molar-refractivity contribution in [1.82, 2.24) is 10.6 Å². The Morgan fingerprint density at radius 1 is 0.969 bits per heavy atom. The largest absolute Gasteiger partial charge is 0.382 e. The molecule has 0 aliphatic rings. The summed E-state index contributed by atoms with van der Waals surface area (Å²) in [5.74, 6) is -1.29. The molecule has 3 amide bonds. The van der Waals surface area contributed by atoms with E-state index in [4.69, 9.17) is 20.9 Å². The quantitative estimate of drug-likeness (QED) is 0.210. The fourth-order valence-corrected chi connectivity index (χ4v) is 2.83. The highest BCUT2D eigenvalue weighted by atomic mass is 16.5. The number of hydrogen-bond donors (Lipinski definition) is 4. The van der Waals surface area contributed by atoms with Gasteiger partial charge in [-0.05, 0) is 31.6 Å². The number of ether oxygens (including phenoxy) is 2. The van der Waals surface area contributed by atoms with Crippen LogP contribution in [0.2, 0.25) is 0 Å². The molecule has 0 radical (unpaired) electrons. The summed E-state index contributed by atoms with van der Waals surface area (Å²) >= 11 is 0. The number of unbranched alkanes of at least 4 members (excludes halogenated alkanes) is 1. The highest BCUT2D eigenvalue weighted by Crippen LogP contribution is 2.15. The molecule has 10 nitrogen and oxygen atoms in total. The zero-order valence-electron chi connectivity index (χ0n) is 19.1. The lowest BCUT2D eigenvalue weighted by Crippen LogP contribution is -2.41. The number of carbonyl (C=O) groups excluding carboxylic acids is 4. The molecule has 6 N–H and O–H groups in total. The summed E-state index contributed by atoms with van der Waals surface area (Å²) in [6.45, 7) is 5.53. The minimum atomic E-state index is -0.646. The summed E-state index contributed by atoms with van der Waals surface area (Å²) in [5, 5.41) is 5.09. The lowest BCUT2D eigenvalue weighted by molar-refractivity contribution is -0.131. The zero-order chi connectivity index (χ0) is 23.6. The molecular formula is C22H44N4O6. The van der Waals surface area contributed by atoms with E-state index in [1.54, 1.807) is 7.11 Å². The average Bonchev–Trinajstić information content (AvgIpc) is 2.72. The molecule has 0 heterocycles. The highest BCUT2D eigenvalue weighted by Gasteiger charge is 2.26. The van der Waals surface area contributed by atoms with E-state index in [0.29, 0.717) is 52.0 Å². The third kappa shape index (κ3) is 16.6. The minimum absolute atomic E-state index is 0. The Morgan fingerprint density at radius 3 is 2.25 bits per heavy atom. The Labute approximate surface area is 192 Å². The van der Waals surface area contributed by atoms with E-state index in [0.717, 1.165) is 6.42 Å². The number of methoxy groups -OCH3 is 1. The number of rotatable bonds is 19. The maximum absolute atomic E-state index is 12.6. The normalized spacial score (nSPS) is 12.5. The summed E-state index contributed by atoms with van der Waals surface area (Å²) in [7, 11) is 1.60. The molecule has 0 rings (SSSR count). The van der Waals surface area contributed by atoms with Crippen LogP contribution in [0, 0.1) is 11.8 Å². The molecule has 0 spiro atoms. The molecule has 32 heavy (non-hydrogen) atoms. The Bertz CT molecular complexity index is 557. The molecular weight excluding hydrogens is 416 g/mol. The van der Waals surface area contributed by atoms with E-state index in [-0.39, 0.29) is 43.8 Å². The van der Waals surface area contributed by atoms with Crippen LogP contribution in [0.1, 0.15) is 59.8 Å². The SMILES string of the molecule is C.COCCOCCCCC(=O)CNC(=O)C(CCCNC(N)=O)CC(=O)C(N)C(C)C. The van der Waals surface area contributed by atoms with Crippen LogP contribution in [0.15, 0.2) is 0 Å². The van der Waals surface area contributed by atoms with Gasteiger partial charge in [0.05, 0.1) is 25.8 Å². The van der Waals surface area contributed by atoms with Crippen LogP contribution < -0.4 is 22.1 Å². The van der Waals surface area contributed by atoms with Crippen LogP contribution in [-0.2, 0) is 23.9 Å². The molecule has 0 aromatic rings. The van der Waals surface area contributed by atoms with Crippen molar-refractivity contribution < 1.29 is 28.7 Å². The molecule has 0 saturated carbocycles. The third-order valence-electron chi connectivity index (χ3n) is 4.82. The van der Waals surface area contributed by atoms with Gasteiger partial charge in [-0.3, -0.25) is 14.4 Å². The number of nitrogens with two attached hydrogens (primary N) is 2. The second-order valence-electron chi connectivity index (χ2n) is 7.89. The smallest absolute Gasteiger partial charge is 0.312 e. The molecule has 0 aromatic carbocycles. The van der Waals surface area contributed by atoms with Gasteiger partial charge in [0.2, 0.25) is 5.91 Å². The fraction of sp³-hybridized carbons (Fsp3) is 0.818. The van der Waals surface area contributed by atoms with Gasteiger partial charge in [0.15, 0.2) is 11.6 Å². The number of urea groups is 1. The van der Waals surface area contributed by atoms with E-state index in [1.807, 2.05) is 13.8 Å². The Kier molecular flexibility index (Phi) is 19.7. The topological polar surface area (TPSA) is 163 Å². The van der Waals surface area contributed by atoms with E-state index in [2.05, 4.69) is 10.6 Å². The van der Waals surface area contributed by atoms with Gasteiger partial charge in [0.1, 0.15) is 0 Å². The van der Waals surface area contributed by atoms with Gasteiger partial charge in [0, 0.05) is 39.0 Å². The second-order valence-corrected chi connectivity index (χ2v) is 7.89. The maximum atomic E-state index is 12.6. The van der Waals surface area contributed by atoms with Gasteiger partial charge >= 0.3 is 6.03 Å². The number of Topliss-reactive ketones (excluding diaryl/α,β-unsaturated/α-hetero) is 2. The van der Waals surface area contributed by atoms with Crippen LogP contribution in [-0.4, -0.2) is 69.6 Å². The van der Waals surface area contributed by atoms with E-state index >= 15 is 0 Å². The van der Waals surface area contributed by atoms with Crippen LogP contribution in [0.4, 0.5) is 4.79 Å². The summed E-state index contributed by atoms with van der Waals surface area (Å²) in [6.07, 6.45) is 2.61. The number of primary amides is 1. The van der Waals surface area contributed by atoms with Crippen molar-refractivity contribution in [2.75, 3.05) is 40.0 Å². The minimum Gasteiger partial charge on any atom is -0.382 e. The van der Waals surface area contributed by atoms with Gasteiger partial charge in [-0.2, -0.15) is 0 Å². The molecule has 0 aliphatic carbocycles.